The molecule has 0 N–H and O–H groups in total. The lowest BCUT2D eigenvalue weighted by molar-refractivity contribution is 0.378. The first-order valence-corrected chi connectivity index (χ1v) is 25.2. The predicted octanol–water partition coefficient (Wildman–Crippen LogP) is 14.7. The van der Waals surface area contributed by atoms with Crippen LogP contribution in [0.5, 0.6) is 0 Å². The van der Waals surface area contributed by atoms with Crippen molar-refractivity contribution in [1.82, 2.24) is 0 Å². The molecule has 0 aliphatic heterocycles. The Morgan fingerprint density at radius 3 is 0.519 bits per heavy atom. The van der Waals surface area contributed by atoms with Crippen LogP contribution in [0.3, 0.4) is 0 Å². The molecule has 0 fully saturated rings. The predicted molar refractivity (Wildman–Crippen MR) is 258 cm³/mol. The van der Waals surface area contributed by atoms with E-state index >= 15 is 35.1 Å². The molecule has 0 aromatic heterocycles. The molecular formula is C46H15BCl9F20P. The molecule has 7 rings (SSSR count). The van der Waals surface area contributed by atoms with E-state index in [-0.39, 0.29) is 0 Å². The van der Waals surface area contributed by atoms with Crippen molar-refractivity contribution >= 4 is 156 Å². The van der Waals surface area contributed by atoms with Crippen molar-refractivity contribution in [2.75, 3.05) is 0 Å². The first-order chi connectivity index (χ1) is 35.5. The third-order valence-electron chi connectivity index (χ3n) is 11.9. The first kappa shape index (κ1) is 62.4. The van der Waals surface area contributed by atoms with E-state index in [2.05, 4.69) is 0 Å². The minimum atomic E-state index is -7.22. The molecule has 410 valence electrons. The fraction of sp³-hybridized carbons (Fsp3) is 0.0870. The Labute approximate surface area is 464 Å². The number of hydrogen-bond acceptors (Lipinski definition) is 0. The average Bonchev–Trinajstić information content (AvgIpc) is 3.50. The van der Waals surface area contributed by atoms with E-state index in [1.807, 2.05) is 91.0 Å². The number of benzene rings is 7. The van der Waals surface area contributed by atoms with Gasteiger partial charge >= 0.3 is 0 Å². The van der Waals surface area contributed by atoms with Crippen LogP contribution < -0.4 is 37.8 Å². The number of halogens is 29. The van der Waals surface area contributed by atoms with Gasteiger partial charge in [-0.3, -0.25) is 0 Å². The molecule has 0 unspecified atom stereocenters. The Morgan fingerprint density at radius 2 is 0.377 bits per heavy atom. The van der Waals surface area contributed by atoms with Crippen molar-refractivity contribution in [3.8, 4) is 0 Å². The van der Waals surface area contributed by atoms with Gasteiger partial charge in [-0.05, 0) is 36.4 Å². The highest BCUT2D eigenvalue weighted by molar-refractivity contribution is 7.97. The fourth-order valence-electron chi connectivity index (χ4n) is 8.91. The molecule has 0 amide bonds. The van der Waals surface area contributed by atoms with Gasteiger partial charge in [0.15, 0.2) is 69.8 Å². The summed E-state index contributed by atoms with van der Waals surface area (Å²) >= 11 is 60.4. The highest BCUT2D eigenvalue weighted by Crippen LogP contribution is 2.83. The van der Waals surface area contributed by atoms with Crippen molar-refractivity contribution < 1.29 is 87.8 Å². The van der Waals surface area contributed by atoms with Gasteiger partial charge in [0.1, 0.15) is 75.9 Å². The summed E-state index contributed by atoms with van der Waals surface area (Å²) in [5.74, 6) is -71.4. The van der Waals surface area contributed by atoms with Crippen molar-refractivity contribution in [2.45, 2.75) is 16.5 Å². The van der Waals surface area contributed by atoms with E-state index in [0.29, 0.717) is 15.9 Å². The molecule has 0 aliphatic carbocycles. The van der Waals surface area contributed by atoms with Crippen LogP contribution in [0, 0.1) is 116 Å². The molecule has 7 aromatic rings. The number of rotatable bonds is 8. The number of hydrogen-bond donors (Lipinski definition) is 0. The lowest BCUT2D eigenvalue weighted by Crippen LogP contribution is -2.81. The summed E-state index contributed by atoms with van der Waals surface area (Å²) in [6.07, 6.45) is -7.22. The zero-order valence-electron chi connectivity index (χ0n) is 36.1. The maximum absolute atomic E-state index is 15.4. The molecule has 0 saturated heterocycles. The maximum atomic E-state index is 15.4. The van der Waals surface area contributed by atoms with Crippen LogP contribution in [0.4, 0.5) is 87.8 Å². The third-order valence-corrected chi connectivity index (χ3v) is 20.8. The Morgan fingerprint density at radius 1 is 0.234 bits per heavy atom. The lowest BCUT2D eigenvalue weighted by Gasteiger charge is -2.53. The van der Waals surface area contributed by atoms with Crippen LogP contribution in [0.15, 0.2) is 91.0 Å². The van der Waals surface area contributed by atoms with Gasteiger partial charge < -0.3 is 0 Å². The quantitative estimate of drug-likeness (QED) is 0.0355. The molecule has 0 nitrogen and oxygen atoms in total. The van der Waals surface area contributed by atoms with Gasteiger partial charge in [0.2, 0.25) is 16.5 Å². The van der Waals surface area contributed by atoms with Gasteiger partial charge in [0.05, 0.1) is 0 Å². The summed E-state index contributed by atoms with van der Waals surface area (Å²) in [6, 6.07) is 27.8. The SMILES string of the molecule is ClC(Cl)(Cl)C(C(Cl)(Cl)Cl)(C(Cl)(Cl)Cl)[P+](c1ccccc1)(c1ccccc1)c1ccccc1.Fc1c(F)c(F)c([B-](c2c(F)c(F)c(F)c(F)c2F)(c2c(F)c(F)c(F)c(F)c2F)c2c(F)c(F)c(F)c(F)c2F)c(F)c1F. The highest BCUT2D eigenvalue weighted by atomic mass is 35.6. The lowest BCUT2D eigenvalue weighted by atomic mass is 9.12. The van der Waals surface area contributed by atoms with Crippen LogP contribution in [0.1, 0.15) is 0 Å². The summed E-state index contributed by atoms with van der Waals surface area (Å²) in [7, 11) is -3.35. The molecule has 0 atom stereocenters. The standard InChI is InChI=1S/C24BF20.C22H15Cl9P/c26-5-1(6(27)14(35)21(42)13(5)34)25(2-7(28)15(36)22(43)16(37)8(2)29,3-9(30)17(38)23(44)18(39)10(3)31)4-11(32)19(40)24(45)20(41)12(4)33;23-20(24,25)19(21(26,27)28,22(29,30)31)32(16-10-4-1-5-11-16,17-12-6-2-7-13-17)18-14-8-3-9-15-18/h;1-15H/q-1;+1. The summed E-state index contributed by atoms with van der Waals surface area (Å²) in [5.41, 5.74) is -14.3. The van der Waals surface area contributed by atoms with Crippen molar-refractivity contribution in [3.63, 3.8) is 0 Å². The second kappa shape index (κ2) is 22.3. The van der Waals surface area contributed by atoms with Crippen molar-refractivity contribution in [3.05, 3.63) is 207 Å². The molecule has 0 spiro atoms. The minimum Gasteiger partial charge on any atom is -0.207 e. The smallest absolute Gasteiger partial charge is 0.207 e. The molecular weight excluding hydrogens is 1290 g/mol. The average molecular weight is 1310 g/mol. The zero-order valence-corrected chi connectivity index (χ0v) is 43.8. The Hall–Kier alpha value is -3.76. The van der Waals surface area contributed by atoms with Crippen LogP contribution >= 0.6 is 112 Å². The van der Waals surface area contributed by atoms with Crippen molar-refractivity contribution in [2.24, 2.45) is 0 Å². The second-order valence-electron chi connectivity index (χ2n) is 15.7. The van der Waals surface area contributed by atoms with Gasteiger partial charge in [0.25, 0.3) is 0 Å². The maximum Gasteiger partial charge on any atom is 0.238 e. The van der Waals surface area contributed by atoms with Crippen LogP contribution in [0.2, 0.25) is 0 Å². The second-order valence-corrected chi connectivity index (χ2v) is 26.1. The van der Waals surface area contributed by atoms with Gasteiger partial charge in [0, 0.05) is 0 Å². The molecule has 0 bridgehead atoms. The van der Waals surface area contributed by atoms with Gasteiger partial charge in [-0.15, -0.1) is 21.9 Å². The van der Waals surface area contributed by atoms with Gasteiger partial charge in [-0.2, -0.15) is 0 Å². The molecule has 0 aliphatic rings. The van der Waals surface area contributed by atoms with E-state index in [1.165, 1.54) is 0 Å². The van der Waals surface area contributed by atoms with E-state index in [9.17, 15) is 52.7 Å². The Bertz CT molecular complexity index is 2930. The largest absolute Gasteiger partial charge is 0.238 e. The highest BCUT2D eigenvalue weighted by Gasteiger charge is 2.86. The van der Waals surface area contributed by atoms with E-state index in [1.54, 1.807) is 0 Å². The van der Waals surface area contributed by atoms with Crippen LogP contribution in [-0.4, -0.2) is 22.7 Å². The van der Waals surface area contributed by atoms with Crippen molar-refractivity contribution in [1.29, 1.82) is 0 Å². The van der Waals surface area contributed by atoms with E-state index < -0.39 is 168 Å². The van der Waals surface area contributed by atoms with E-state index in [0.717, 1.165) is 0 Å². The number of alkyl halides is 9. The monoisotopic (exact) mass is 1300 g/mol. The minimum absolute atomic E-state index is 0.710. The van der Waals surface area contributed by atoms with Crippen LogP contribution in [0.25, 0.3) is 0 Å². The van der Waals surface area contributed by atoms with E-state index in [4.69, 9.17) is 104 Å². The summed E-state index contributed by atoms with van der Waals surface area (Å²) < 4.78 is 287. The molecule has 0 saturated carbocycles. The first-order valence-electron chi connectivity index (χ1n) is 20.0. The third kappa shape index (κ3) is 9.45. The molecule has 7 aromatic carbocycles. The summed E-state index contributed by atoms with van der Waals surface area (Å²) in [6.45, 7) is 0. The van der Waals surface area contributed by atoms with Crippen LogP contribution in [-0.2, 0) is 0 Å². The molecule has 0 heterocycles. The molecule has 77 heavy (non-hydrogen) atoms. The zero-order chi connectivity index (χ0) is 58.2. The molecule has 0 radical (unpaired) electrons. The fourth-order valence-corrected chi connectivity index (χ4v) is 21.2. The van der Waals surface area contributed by atoms with Gasteiger partial charge in [-0.1, -0.05) is 159 Å². The summed E-state index contributed by atoms with van der Waals surface area (Å²) in [4.78, 5) is 0. The topological polar surface area (TPSA) is 0 Å². The normalized spacial score (nSPS) is 12.7. The molecule has 31 heteroatoms. The van der Waals surface area contributed by atoms with Gasteiger partial charge in [-0.25, -0.2) is 87.8 Å². The summed E-state index contributed by atoms with van der Waals surface area (Å²) in [5, 5.41) is -0.0338. The Kier molecular flexibility index (Phi) is 18.1. The Balaban J connectivity index is 0.000000264.